The molecule has 0 aliphatic carbocycles. The van der Waals surface area contributed by atoms with Gasteiger partial charge in [-0.1, -0.05) is 19.8 Å². The number of amides is 1. The molecular formula is C17H37N3O. The van der Waals surface area contributed by atoms with E-state index in [9.17, 15) is 4.79 Å². The van der Waals surface area contributed by atoms with Gasteiger partial charge in [-0.25, -0.2) is 0 Å². The number of carbonyl (C=O) groups is 1. The number of nitrogens with zero attached hydrogens (tertiary/aromatic N) is 1. The van der Waals surface area contributed by atoms with Gasteiger partial charge in [0.25, 0.3) is 0 Å². The molecule has 3 N–H and O–H groups in total. The van der Waals surface area contributed by atoms with Crippen molar-refractivity contribution in [2.75, 3.05) is 26.7 Å². The van der Waals surface area contributed by atoms with Crippen molar-refractivity contribution in [2.24, 2.45) is 11.7 Å². The van der Waals surface area contributed by atoms with E-state index in [1.165, 1.54) is 12.8 Å². The average Bonchev–Trinajstić information content (AvgIpc) is 2.44. The summed E-state index contributed by atoms with van der Waals surface area (Å²) in [6, 6.07) is 0.595. The van der Waals surface area contributed by atoms with Crippen LogP contribution in [0.2, 0.25) is 0 Å². The van der Waals surface area contributed by atoms with Gasteiger partial charge in [0.15, 0.2) is 0 Å². The molecule has 0 bridgehead atoms. The van der Waals surface area contributed by atoms with Crippen LogP contribution in [0.25, 0.3) is 0 Å². The lowest BCUT2D eigenvalue weighted by atomic mass is 9.94. The topological polar surface area (TPSA) is 58.4 Å². The third kappa shape index (κ3) is 11.7. The van der Waals surface area contributed by atoms with E-state index in [2.05, 4.69) is 38.0 Å². The van der Waals surface area contributed by atoms with Gasteiger partial charge in [-0.15, -0.1) is 0 Å². The Bertz CT molecular complexity index is 250. The molecule has 0 aliphatic heterocycles. The zero-order valence-electron chi connectivity index (χ0n) is 14.7. The molecule has 0 heterocycles. The summed E-state index contributed by atoms with van der Waals surface area (Å²) in [7, 11) is 2.15. The van der Waals surface area contributed by atoms with Gasteiger partial charge in [0.05, 0.1) is 0 Å². The van der Waals surface area contributed by atoms with Crippen molar-refractivity contribution in [3.63, 3.8) is 0 Å². The Labute approximate surface area is 131 Å². The number of nitrogens with one attached hydrogen (secondary N) is 1. The normalized spacial score (nSPS) is 12.9. The van der Waals surface area contributed by atoms with E-state index < -0.39 is 0 Å². The van der Waals surface area contributed by atoms with Crippen molar-refractivity contribution in [1.82, 2.24) is 10.2 Å². The van der Waals surface area contributed by atoms with Crippen LogP contribution >= 0.6 is 0 Å². The second-order valence-electron chi connectivity index (χ2n) is 6.40. The zero-order valence-corrected chi connectivity index (χ0v) is 14.7. The number of carbonyl (C=O) groups excluding carboxylic acids is 1. The highest BCUT2D eigenvalue weighted by molar-refractivity contribution is 5.75. The number of rotatable bonds is 13. The summed E-state index contributed by atoms with van der Waals surface area (Å²) >= 11 is 0. The van der Waals surface area contributed by atoms with Gasteiger partial charge >= 0.3 is 0 Å². The van der Waals surface area contributed by atoms with Gasteiger partial charge in [-0.05, 0) is 65.6 Å². The van der Waals surface area contributed by atoms with Gasteiger partial charge in [0, 0.05) is 19.0 Å². The van der Waals surface area contributed by atoms with Gasteiger partial charge in [-0.2, -0.15) is 0 Å². The van der Waals surface area contributed by atoms with E-state index >= 15 is 0 Å². The van der Waals surface area contributed by atoms with E-state index in [1.54, 1.807) is 0 Å². The Morgan fingerprint density at radius 2 is 1.90 bits per heavy atom. The maximum Gasteiger partial charge on any atom is 0.220 e. The summed E-state index contributed by atoms with van der Waals surface area (Å²) < 4.78 is 0. The first-order valence-electron chi connectivity index (χ1n) is 8.68. The standard InChI is InChI=1S/C17H37N3O/c1-5-8-16(11-12-18)9-10-17(21)19-13-6-7-14-20(4)15(2)3/h15-16H,5-14,18H2,1-4H3,(H,19,21). The van der Waals surface area contributed by atoms with Crippen molar-refractivity contribution < 1.29 is 4.79 Å². The predicted molar refractivity (Wildman–Crippen MR) is 91.3 cm³/mol. The van der Waals surface area contributed by atoms with Crippen LogP contribution in [-0.4, -0.2) is 43.5 Å². The molecule has 0 saturated heterocycles. The smallest absolute Gasteiger partial charge is 0.220 e. The summed E-state index contributed by atoms with van der Waals surface area (Å²) in [5.41, 5.74) is 5.62. The van der Waals surface area contributed by atoms with Crippen LogP contribution in [0.1, 0.15) is 65.7 Å². The number of nitrogens with two attached hydrogens (primary N) is 1. The molecule has 0 saturated carbocycles. The molecule has 0 rings (SSSR count). The molecule has 126 valence electrons. The zero-order chi connectivity index (χ0) is 16.1. The Hall–Kier alpha value is -0.610. The third-order valence-corrected chi connectivity index (χ3v) is 4.19. The molecule has 0 aromatic rings. The molecule has 4 nitrogen and oxygen atoms in total. The highest BCUT2D eigenvalue weighted by Crippen LogP contribution is 2.16. The van der Waals surface area contributed by atoms with Gasteiger partial charge < -0.3 is 16.0 Å². The molecule has 1 atom stereocenters. The minimum absolute atomic E-state index is 0.199. The van der Waals surface area contributed by atoms with E-state index in [4.69, 9.17) is 5.73 Å². The highest BCUT2D eigenvalue weighted by Gasteiger charge is 2.10. The minimum Gasteiger partial charge on any atom is -0.356 e. The average molecular weight is 300 g/mol. The SMILES string of the molecule is CCCC(CCN)CCC(=O)NCCCCN(C)C(C)C. The molecule has 1 amide bonds. The molecule has 0 aromatic carbocycles. The number of hydrogen-bond donors (Lipinski definition) is 2. The lowest BCUT2D eigenvalue weighted by Crippen LogP contribution is -2.29. The number of unbranched alkanes of at least 4 members (excludes halogenated alkanes) is 1. The molecular weight excluding hydrogens is 262 g/mol. The van der Waals surface area contributed by atoms with E-state index in [-0.39, 0.29) is 5.91 Å². The minimum atomic E-state index is 0.199. The summed E-state index contributed by atoms with van der Waals surface area (Å²) in [5, 5.41) is 3.04. The van der Waals surface area contributed by atoms with Gasteiger partial charge in [0.1, 0.15) is 0 Å². The molecule has 1 unspecified atom stereocenters. The summed E-state index contributed by atoms with van der Waals surface area (Å²) in [6.07, 6.45) is 7.23. The predicted octanol–water partition coefficient (Wildman–Crippen LogP) is 2.77. The van der Waals surface area contributed by atoms with Crippen molar-refractivity contribution in [3.8, 4) is 0 Å². The molecule has 4 heteroatoms. The van der Waals surface area contributed by atoms with E-state index in [0.717, 1.165) is 45.3 Å². The first kappa shape index (κ1) is 20.4. The van der Waals surface area contributed by atoms with E-state index in [1.807, 2.05) is 0 Å². The van der Waals surface area contributed by atoms with Crippen molar-refractivity contribution in [3.05, 3.63) is 0 Å². The largest absolute Gasteiger partial charge is 0.356 e. The molecule has 21 heavy (non-hydrogen) atoms. The van der Waals surface area contributed by atoms with Crippen LogP contribution < -0.4 is 11.1 Å². The molecule has 0 spiro atoms. The Morgan fingerprint density at radius 3 is 2.48 bits per heavy atom. The second-order valence-corrected chi connectivity index (χ2v) is 6.40. The summed E-state index contributed by atoms with van der Waals surface area (Å²) in [4.78, 5) is 14.1. The van der Waals surface area contributed by atoms with Crippen molar-refractivity contribution in [2.45, 2.75) is 71.8 Å². The van der Waals surface area contributed by atoms with Crippen LogP contribution in [0.15, 0.2) is 0 Å². The van der Waals surface area contributed by atoms with Crippen LogP contribution in [0.4, 0.5) is 0 Å². The van der Waals surface area contributed by atoms with Crippen LogP contribution in [0, 0.1) is 5.92 Å². The molecule has 0 aromatic heterocycles. The fourth-order valence-corrected chi connectivity index (χ4v) is 2.47. The monoisotopic (exact) mass is 299 g/mol. The molecule has 0 fully saturated rings. The first-order chi connectivity index (χ1) is 10.0. The quantitative estimate of drug-likeness (QED) is 0.514. The maximum atomic E-state index is 11.8. The number of hydrogen-bond acceptors (Lipinski definition) is 3. The summed E-state index contributed by atoms with van der Waals surface area (Å²) in [5.74, 6) is 0.816. The lowest BCUT2D eigenvalue weighted by Gasteiger charge is -2.20. The van der Waals surface area contributed by atoms with Gasteiger partial charge in [-0.3, -0.25) is 4.79 Å². The molecule has 0 radical (unpaired) electrons. The fraction of sp³-hybridized carbons (Fsp3) is 0.941. The van der Waals surface area contributed by atoms with Crippen LogP contribution in [0.5, 0.6) is 0 Å². The Kier molecular flexibility index (Phi) is 12.7. The lowest BCUT2D eigenvalue weighted by molar-refractivity contribution is -0.121. The third-order valence-electron chi connectivity index (χ3n) is 4.19. The highest BCUT2D eigenvalue weighted by atomic mass is 16.1. The Morgan fingerprint density at radius 1 is 1.19 bits per heavy atom. The fourth-order valence-electron chi connectivity index (χ4n) is 2.47. The van der Waals surface area contributed by atoms with Gasteiger partial charge in [0.2, 0.25) is 5.91 Å². The van der Waals surface area contributed by atoms with Crippen LogP contribution in [-0.2, 0) is 4.79 Å². The Balaban J connectivity index is 3.61. The second kappa shape index (κ2) is 13.1. The van der Waals surface area contributed by atoms with Crippen molar-refractivity contribution in [1.29, 1.82) is 0 Å². The summed E-state index contributed by atoms with van der Waals surface area (Å²) in [6.45, 7) is 9.24. The molecule has 0 aliphatic rings. The maximum absolute atomic E-state index is 11.8. The van der Waals surface area contributed by atoms with E-state index in [0.29, 0.717) is 18.4 Å². The van der Waals surface area contributed by atoms with Crippen molar-refractivity contribution >= 4 is 5.91 Å². The van der Waals surface area contributed by atoms with Crippen LogP contribution in [0.3, 0.4) is 0 Å². The first-order valence-corrected chi connectivity index (χ1v) is 8.68.